The number of hydrogen-bond donors (Lipinski definition) is 0. The first-order valence-electron chi connectivity index (χ1n) is 6.49. The van der Waals surface area contributed by atoms with Gasteiger partial charge in [-0.25, -0.2) is 0 Å². The van der Waals surface area contributed by atoms with Gasteiger partial charge in [-0.05, 0) is 18.3 Å². The monoisotopic (exact) mass is 228 g/mol. The fraction of sp³-hybridized carbons (Fsp3) is 0.929. The van der Waals surface area contributed by atoms with Gasteiger partial charge in [0.1, 0.15) is 6.10 Å². The zero-order valence-electron chi connectivity index (χ0n) is 11.8. The van der Waals surface area contributed by atoms with Crippen LogP contribution in [-0.4, -0.2) is 12.1 Å². The number of carbonyl (C=O) groups excluding carboxylic acids is 1. The molecule has 0 amide bonds. The Bertz CT molecular complexity index is 201. The lowest BCUT2D eigenvalue weighted by Gasteiger charge is -2.31. The fourth-order valence-electron chi connectivity index (χ4n) is 1.52. The van der Waals surface area contributed by atoms with Gasteiger partial charge in [0.15, 0.2) is 0 Å². The van der Waals surface area contributed by atoms with Crippen LogP contribution in [0.15, 0.2) is 0 Å². The lowest BCUT2D eigenvalue weighted by molar-refractivity contribution is -0.159. The minimum atomic E-state index is -0.0728. The Morgan fingerprint density at radius 1 is 1.19 bits per heavy atom. The topological polar surface area (TPSA) is 26.3 Å². The summed E-state index contributed by atoms with van der Waals surface area (Å²) >= 11 is 0. The SMILES string of the molecule is CCCCCC(OC(=O)C(C)C)C(C)(C)C. The molecular formula is C14H28O2. The second-order valence-electron chi connectivity index (χ2n) is 5.94. The van der Waals surface area contributed by atoms with Crippen molar-refractivity contribution in [3.63, 3.8) is 0 Å². The van der Waals surface area contributed by atoms with E-state index in [1.54, 1.807) is 0 Å². The summed E-state index contributed by atoms with van der Waals surface area (Å²) in [6.45, 7) is 12.4. The van der Waals surface area contributed by atoms with Gasteiger partial charge in [-0.2, -0.15) is 0 Å². The van der Waals surface area contributed by atoms with Gasteiger partial charge in [0.2, 0.25) is 0 Å². The van der Waals surface area contributed by atoms with Crippen molar-refractivity contribution < 1.29 is 9.53 Å². The Labute approximate surface area is 101 Å². The second-order valence-corrected chi connectivity index (χ2v) is 5.94. The van der Waals surface area contributed by atoms with E-state index in [-0.39, 0.29) is 23.4 Å². The van der Waals surface area contributed by atoms with Crippen molar-refractivity contribution in [3.05, 3.63) is 0 Å². The summed E-state index contributed by atoms with van der Waals surface area (Å²) in [4.78, 5) is 11.6. The highest BCUT2D eigenvalue weighted by atomic mass is 16.5. The molecule has 0 aliphatic carbocycles. The summed E-state index contributed by atoms with van der Waals surface area (Å²) in [5.41, 5.74) is 0.0400. The van der Waals surface area contributed by atoms with Crippen molar-refractivity contribution in [1.29, 1.82) is 0 Å². The van der Waals surface area contributed by atoms with E-state index in [4.69, 9.17) is 4.74 Å². The van der Waals surface area contributed by atoms with Crippen LogP contribution in [0.3, 0.4) is 0 Å². The number of hydrogen-bond acceptors (Lipinski definition) is 2. The Hall–Kier alpha value is -0.530. The van der Waals surface area contributed by atoms with Crippen LogP contribution in [0.2, 0.25) is 0 Å². The number of esters is 1. The fourth-order valence-corrected chi connectivity index (χ4v) is 1.52. The molecule has 0 aliphatic heterocycles. The Balaban J connectivity index is 4.27. The van der Waals surface area contributed by atoms with Crippen molar-refractivity contribution in [2.24, 2.45) is 11.3 Å². The summed E-state index contributed by atoms with van der Waals surface area (Å²) in [5, 5.41) is 0. The number of rotatable bonds is 6. The molecule has 2 nitrogen and oxygen atoms in total. The van der Waals surface area contributed by atoms with E-state index in [9.17, 15) is 4.79 Å². The molecule has 0 aromatic rings. The van der Waals surface area contributed by atoms with Crippen LogP contribution in [0, 0.1) is 11.3 Å². The Kier molecular flexibility index (Phi) is 6.70. The molecule has 0 saturated heterocycles. The lowest BCUT2D eigenvalue weighted by atomic mass is 9.85. The molecular weight excluding hydrogens is 200 g/mol. The smallest absolute Gasteiger partial charge is 0.308 e. The Morgan fingerprint density at radius 2 is 1.75 bits per heavy atom. The molecule has 16 heavy (non-hydrogen) atoms. The molecule has 0 aromatic carbocycles. The largest absolute Gasteiger partial charge is 0.462 e. The van der Waals surface area contributed by atoms with Crippen LogP contribution in [0.4, 0.5) is 0 Å². The van der Waals surface area contributed by atoms with Crippen molar-refractivity contribution in [2.45, 2.75) is 73.3 Å². The van der Waals surface area contributed by atoms with E-state index in [2.05, 4.69) is 27.7 Å². The van der Waals surface area contributed by atoms with Gasteiger partial charge in [0.05, 0.1) is 5.92 Å². The summed E-state index contributed by atoms with van der Waals surface area (Å²) in [6, 6.07) is 0. The van der Waals surface area contributed by atoms with E-state index in [0.29, 0.717) is 0 Å². The van der Waals surface area contributed by atoms with Crippen LogP contribution in [0.25, 0.3) is 0 Å². The van der Waals surface area contributed by atoms with E-state index in [0.717, 1.165) is 12.8 Å². The third-order valence-electron chi connectivity index (χ3n) is 2.77. The maximum absolute atomic E-state index is 11.6. The van der Waals surface area contributed by atoms with Gasteiger partial charge in [-0.15, -0.1) is 0 Å². The van der Waals surface area contributed by atoms with Crippen LogP contribution >= 0.6 is 0 Å². The standard InChI is InChI=1S/C14H28O2/c1-7-8-9-10-12(14(4,5)6)16-13(15)11(2)3/h11-12H,7-10H2,1-6H3. The summed E-state index contributed by atoms with van der Waals surface area (Å²) in [7, 11) is 0. The quantitative estimate of drug-likeness (QED) is 0.503. The second kappa shape index (κ2) is 6.93. The van der Waals surface area contributed by atoms with Gasteiger partial charge < -0.3 is 4.74 Å². The van der Waals surface area contributed by atoms with Gasteiger partial charge in [0.25, 0.3) is 0 Å². The molecule has 0 N–H and O–H groups in total. The van der Waals surface area contributed by atoms with E-state index in [1.165, 1.54) is 12.8 Å². The molecule has 0 radical (unpaired) electrons. The van der Waals surface area contributed by atoms with Gasteiger partial charge in [-0.1, -0.05) is 54.4 Å². The van der Waals surface area contributed by atoms with Gasteiger partial charge >= 0.3 is 5.97 Å². The maximum atomic E-state index is 11.6. The van der Waals surface area contributed by atoms with Crippen molar-refractivity contribution in [3.8, 4) is 0 Å². The zero-order valence-corrected chi connectivity index (χ0v) is 11.8. The molecule has 96 valence electrons. The normalized spacial score (nSPS) is 13.9. The number of ether oxygens (including phenoxy) is 1. The van der Waals surface area contributed by atoms with E-state index in [1.807, 2.05) is 13.8 Å². The third-order valence-corrected chi connectivity index (χ3v) is 2.77. The number of carbonyl (C=O) groups is 1. The van der Waals surface area contributed by atoms with E-state index < -0.39 is 0 Å². The van der Waals surface area contributed by atoms with Crippen molar-refractivity contribution >= 4 is 5.97 Å². The molecule has 0 aliphatic rings. The van der Waals surface area contributed by atoms with Gasteiger partial charge in [-0.3, -0.25) is 4.79 Å². The van der Waals surface area contributed by atoms with Gasteiger partial charge in [0, 0.05) is 0 Å². The molecule has 0 aromatic heterocycles. The average molecular weight is 228 g/mol. The summed E-state index contributed by atoms with van der Waals surface area (Å²) in [5.74, 6) is -0.104. The third kappa shape index (κ3) is 6.14. The zero-order chi connectivity index (χ0) is 12.8. The van der Waals surface area contributed by atoms with E-state index >= 15 is 0 Å². The summed E-state index contributed by atoms with van der Waals surface area (Å²) < 4.78 is 5.58. The highest BCUT2D eigenvalue weighted by molar-refractivity contribution is 5.71. The molecule has 2 heteroatoms. The predicted molar refractivity (Wildman–Crippen MR) is 68.3 cm³/mol. The first kappa shape index (κ1) is 15.5. The molecule has 0 spiro atoms. The van der Waals surface area contributed by atoms with Crippen LogP contribution < -0.4 is 0 Å². The molecule has 0 heterocycles. The van der Waals surface area contributed by atoms with Crippen LogP contribution in [0.5, 0.6) is 0 Å². The predicted octanol–water partition coefficient (Wildman–Crippen LogP) is 4.18. The molecule has 1 atom stereocenters. The first-order valence-corrected chi connectivity index (χ1v) is 6.49. The Morgan fingerprint density at radius 3 is 2.12 bits per heavy atom. The molecule has 0 fully saturated rings. The average Bonchev–Trinajstić information content (AvgIpc) is 2.14. The van der Waals surface area contributed by atoms with Crippen LogP contribution in [0.1, 0.15) is 67.2 Å². The van der Waals surface area contributed by atoms with Crippen molar-refractivity contribution in [2.75, 3.05) is 0 Å². The maximum Gasteiger partial charge on any atom is 0.308 e. The minimum Gasteiger partial charge on any atom is -0.462 e. The number of unbranched alkanes of at least 4 members (excludes halogenated alkanes) is 2. The first-order chi connectivity index (χ1) is 7.29. The lowest BCUT2D eigenvalue weighted by Crippen LogP contribution is -2.33. The molecule has 0 rings (SSSR count). The summed E-state index contributed by atoms with van der Waals surface area (Å²) in [6.07, 6.45) is 4.59. The molecule has 0 saturated carbocycles. The highest BCUT2D eigenvalue weighted by Crippen LogP contribution is 2.27. The van der Waals surface area contributed by atoms with Crippen molar-refractivity contribution in [1.82, 2.24) is 0 Å². The highest BCUT2D eigenvalue weighted by Gasteiger charge is 2.28. The molecule has 1 unspecified atom stereocenters. The minimum absolute atomic E-state index is 0.0315. The van der Waals surface area contributed by atoms with Crippen LogP contribution in [-0.2, 0) is 9.53 Å². The molecule has 0 bridgehead atoms.